The maximum Gasteiger partial charge on any atom is 0.240 e. The third-order valence-electron chi connectivity index (χ3n) is 4.68. The van der Waals surface area contributed by atoms with Crippen molar-refractivity contribution in [3.63, 3.8) is 0 Å². The minimum Gasteiger partial charge on any atom is -0.399 e. The summed E-state index contributed by atoms with van der Waals surface area (Å²) in [6, 6.07) is 8.10. The average molecular weight is 288 g/mol. The Balaban J connectivity index is 1.57. The summed E-state index contributed by atoms with van der Waals surface area (Å²) in [6.07, 6.45) is 2.58. The molecule has 1 atom stereocenters. The number of nitrogen functional groups attached to an aromatic ring is 1. The van der Waals surface area contributed by atoms with Gasteiger partial charge in [0.05, 0.1) is 6.54 Å². The van der Waals surface area contributed by atoms with Crippen molar-refractivity contribution in [2.45, 2.75) is 18.9 Å². The van der Waals surface area contributed by atoms with Gasteiger partial charge in [0.15, 0.2) is 0 Å². The molecule has 3 rings (SSSR count). The van der Waals surface area contributed by atoms with Crippen molar-refractivity contribution in [2.24, 2.45) is 0 Å². The third-order valence-corrected chi connectivity index (χ3v) is 4.68. The van der Waals surface area contributed by atoms with E-state index in [4.69, 9.17) is 5.73 Å². The lowest BCUT2D eigenvalue weighted by Crippen LogP contribution is -2.52. The monoisotopic (exact) mass is 288 g/mol. The summed E-state index contributed by atoms with van der Waals surface area (Å²) in [5, 5.41) is 0. The lowest BCUT2D eigenvalue weighted by Gasteiger charge is -2.37. The molecule has 114 valence electrons. The van der Waals surface area contributed by atoms with E-state index < -0.39 is 0 Å². The van der Waals surface area contributed by atoms with Crippen molar-refractivity contribution in [3.8, 4) is 0 Å². The number of nitrogens with two attached hydrogens (primary N) is 1. The fraction of sp³-hybridized carbons (Fsp3) is 0.562. The number of likely N-dealkylation sites (N-methyl/N-ethyl adjacent to an activating group) is 1. The highest BCUT2D eigenvalue weighted by atomic mass is 16.2. The molecule has 2 heterocycles. The number of carbonyl (C=O) groups excluding carboxylic acids is 1. The molecule has 1 unspecified atom stereocenters. The predicted molar refractivity (Wildman–Crippen MR) is 85.3 cm³/mol. The van der Waals surface area contributed by atoms with Crippen LogP contribution in [0.15, 0.2) is 24.3 Å². The van der Waals surface area contributed by atoms with E-state index in [2.05, 4.69) is 9.80 Å². The van der Waals surface area contributed by atoms with Crippen molar-refractivity contribution in [1.82, 2.24) is 9.80 Å². The summed E-state index contributed by atoms with van der Waals surface area (Å²) in [7, 11) is 1.83. The van der Waals surface area contributed by atoms with Gasteiger partial charge in [-0.2, -0.15) is 0 Å². The van der Waals surface area contributed by atoms with E-state index in [-0.39, 0.29) is 5.91 Å². The second kappa shape index (κ2) is 6.03. The minimum absolute atomic E-state index is 0.145. The van der Waals surface area contributed by atoms with Crippen LogP contribution in [-0.4, -0.2) is 61.5 Å². The van der Waals surface area contributed by atoms with Gasteiger partial charge in [-0.05, 0) is 43.7 Å². The number of hydrogen-bond donors (Lipinski definition) is 1. The van der Waals surface area contributed by atoms with Crippen LogP contribution in [-0.2, 0) is 4.79 Å². The SMILES string of the molecule is CN(C(=O)CN1CCN2CCCC2C1)c1ccc(N)cc1. The minimum atomic E-state index is 0.145. The van der Waals surface area contributed by atoms with Crippen LogP contribution in [0.1, 0.15) is 12.8 Å². The maximum atomic E-state index is 12.4. The van der Waals surface area contributed by atoms with Crippen molar-refractivity contribution in [3.05, 3.63) is 24.3 Å². The van der Waals surface area contributed by atoms with Crippen LogP contribution in [0.25, 0.3) is 0 Å². The molecule has 0 spiro atoms. The van der Waals surface area contributed by atoms with E-state index in [9.17, 15) is 4.79 Å². The molecule has 2 saturated heterocycles. The molecular weight excluding hydrogens is 264 g/mol. The van der Waals surface area contributed by atoms with E-state index in [0.717, 1.165) is 31.0 Å². The molecule has 0 bridgehead atoms. The van der Waals surface area contributed by atoms with Gasteiger partial charge in [-0.25, -0.2) is 0 Å². The second-order valence-corrected chi connectivity index (χ2v) is 6.11. The lowest BCUT2D eigenvalue weighted by atomic mass is 10.1. The second-order valence-electron chi connectivity index (χ2n) is 6.11. The van der Waals surface area contributed by atoms with Crippen molar-refractivity contribution in [2.75, 3.05) is 50.4 Å². The highest BCUT2D eigenvalue weighted by Crippen LogP contribution is 2.21. The van der Waals surface area contributed by atoms with Crippen molar-refractivity contribution >= 4 is 17.3 Å². The average Bonchev–Trinajstić information content (AvgIpc) is 2.95. The fourth-order valence-electron chi connectivity index (χ4n) is 3.34. The molecule has 2 aliphatic rings. The molecule has 21 heavy (non-hydrogen) atoms. The van der Waals surface area contributed by atoms with Crippen LogP contribution in [0.2, 0.25) is 0 Å². The first kappa shape index (κ1) is 14.4. The zero-order valence-corrected chi connectivity index (χ0v) is 12.7. The van der Waals surface area contributed by atoms with E-state index in [1.54, 1.807) is 4.90 Å². The number of piperazine rings is 1. The number of anilines is 2. The number of carbonyl (C=O) groups is 1. The molecule has 0 radical (unpaired) electrons. The first-order valence-electron chi connectivity index (χ1n) is 7.72. The Kier molecular flexibility index (Phi) is 4.12. The summed E-state index contributed by atoms with van der Waals surface area (Å²) in [6.45, 7) is 4.87. The summed E-state index contributed by atoms with van der Waals surface area (Å²) in [5.41, 5.74) is 7.30. The molecule has 2 fully saturated rings. The number of fused-ring (bicyclic) bond motifs is 1. The molecule has 0 saturated carbocycles. The van der Waals surface area contributed by atoms with Crippen LogP contribution in [0, 0.1) is 0 Å². The number of amides is 1. The predicted octanol–water partition coefficient (Wildman–Crippen LogP) is 1.01. The van der Waals surface area contributed by atoms with Gasteiger partial charge in [-0.3, -0.25) is 14.6 Å². The standard InChI is InChI=1S/C16H24N4O/c1-18(14-6-4-13(17)5-7-14)16(21)12-19-9-10-20-8-2-3-15(20)11-19/h4-7,15H,2-3,8-12,17H2,1H3. The van der Waals surface area contributed by atoms with Gasteiger partial charge in [-0.15, -0.1) is 0 Å². The van der Waals surface area contributed by atoms with Gasteiger partial charge in [0, 0.05) is 44.1 Å². The summed E-state index contributed by atoms with van der Waals surface area (Å²) in [5.74, 6) is 0.145. The van der Waals surface area contributed by atoms with Gasteiger partial charge < -0.3 is 10.6 Å². The van der Waals surface area contributed by atoms with Gasteiger partial charge in [0.25, 0.3) is 0 Å². The molecule has 1 aromatic carbocycles. The molecule has 0 aromatic heterocycles. The summed E-state index contributed by atoms with van der Waals surface area (Å²) >= 11 is 0. The molecule has 0 aliphatic carbocycles. The van der Waals surface area contributed by atoms with Gasteiger partial charge in [-0.1, -0.05) is 0 Å². The highest BCUT2D eigenvalue weighted by molar-refractivity contribution is 5.94. The van der Waals surface area contributed by atoms with Crippen LogP contribution in [0.5, 0.6) is 0 Å². The maximum absolute atomic E-state index is 12.4. The number of rotatable bonds is 3. The van der Waals surface area contributed by atoms with Crippen LogP contribution in [0.4, 0.5) is 11.4 Å². The van der Waals surface area contributed by atoms with E-state index in [1.165, 1.54) is 19.4 Å². The van der Waals surface area contributed by atoms with E-state index in [0.29, 0.717) is 12.6 Å². The molecule has 5 nitrogen and oxygen atoms in total. The number of hydrogen-bond acceptors (Lipinski definition) is 4. The Morgan fingerprint density at radius 2 is 2.05 bits per heavy atom. The fourth-order valence-corrected chi connectivity index (χ4v) is 3.34. The van der Waals surface area contributed by atoms with Crippen LogP contribution >= 0.6 is 0 Å². The smallest absolute Gasteiger partial charge is 0.240 e. The summed E-state index contributed by atoms with van der Waals surface area (Å²) < 4.78 is 0. The zero-order valence-electron chi connectivity index (χ0n) is 12.7. The summed E-state index contributed by atoms with van der Waals surface area (Å²) in [4.78, 5) is 19.0. The quantitative estimate of drug-likeness (QED) is 0.844. The molecule has 1 amide bonds. The Labute approximate surface area is 126 Å². The van der Waals surface area contributed by atoms with Crippen LogP contribution in [0.3, 0.4) is 0 Å². The first-order valence-corrected chi connectivity index (χ1v) is 7.72. The molecule has 2 N–H and O–H groups in total. The Morgan fingerprint density at radius 1 is 1.29 bits per heavy atom. The number of nitrogens with zero attached hydrogens (tertiary/aromatic N) is 3. The van der Waals surface area contributed by atoms with Gasteiger partial charge in [0.1, 0.15) is 0 Å². The van der Waals surface area contributed by atoms with Gasteiger partial charge in [0.2, 0.25) is 5.91 Å². The van der Waals surface area contributed by atoms with Crippen LogP contribution < -0.4 is 10.6 Å². The molecule has 2 aliphatic heterocycles. The Bertz CT molecular complexity index is 502. The molecule has 1 aromatic rings. The Hall–Kier alpha value is -1.59. The zero-order chi connectivity index (χ0) is 14.8. The third kappa shape index (κ3) is 3.19. The van der Waals surface area contributed by atoms with E-state index in [1.807, 2.05) is 31.3 Å². The number of benzene rings is 1. The Morgan fingerprint density at radius 3 is 2.81 bits per heavy atom. The van der Waals surface area contributed by atoms with Crippen molar-refractivity contribution < 1.29 is 4.79 Å². The largest absolute Gasteiger partial charge is 0.399 e. The van der Waals surface area contributed by atoms with Crippen molar-refractivity contribution in [1.29, 1.82) is 0 Å². The molecule has 5 heteroatoms. The van der Waals surface area contributed by atoms with Gasteiger partial charge >= 0.3 is 0 Å². The molecular formula is C16H24N4O. The lowest BCUT2D eigenvalue weighted by molar-refractivity contribution is -0.120. The first-order chi connectivity index (χ1) is 10.1. The highest BCUT2D eigenvalue weighted by Gasteiger charge is 2.31. The van der Waals surface area contributed by atoms with E-state index >= 15 is 0 Å². The topological polar surface area (TPSA) is 52.8 Å². The normalized spacial score (nSPS) is 23.0.